The number of hydrogen-bond acceptors (Lipinski definition) is 3. The van der Waals surface area contributed by atoms with Crippen molar-refractivity contribution >= 4 is 0 Å². The zero-order valence-corrected chi connectivity index (χ0v) is 8.04. The van der Waals surface area contributed by atoms with Crippen LogP contribution < -0.4 is 5.32 Å². The lowest BCUT2D eigenvalue weighted by Crippen LogP contribution is -2.17. The Morgan fingerprint density at radius 1 is 1.54 bits per heavy atom. The Hall–Kier alpha value is -1.34. The number of rotatable bonds is 4. The highest BCUT2D eigenvalue weighted by Gasteiger charge is 2.02. The number of aromatic nitrogens is 3. The minimum atomic E-state index is 0.721. The van der Waals surface area contributed by atoms with Crippen LogP contribution in [0.2, 0.25) is 0 Å². The number of nitrogens with one attached hydrogen (secondary N) is 1. The summed E-state index contributed by atoms with van der Waals surface area (Å²) in [5, 5.41) is 11.2. The van der Waals surface area contributed by atoms with Gasteiger partial charge in [-0.3, -0.25) is 0 Å². The average molecular weight is 178 g/mol. The fourth-order valence-electron chi connectivity index (χ4n) is 0.966. The smallest absolute Gasteiger partial charge is 0.146 e. The molecule has 0 aliphatic rings. The second-order valence-electron chi connectivity index (χ2n) is 2.85. The SMILES string of the molecule is C#CCCNCc1nnc(C)n1C. The number of nitrogens with zero attached hydrogens (tertiary/aromatic N) is 3. The Balaban J connectivity index is 2.38. The first-order chi connectivity index (χ1) is 6.25. The lowest BCUT2D eigenvalue weighted by Gasteiger charge is -2.01. The molecule has 0 saturated carbocycles. The molecule has 1 aromatic heterocycles. The van der Waals surface area contributed by atoms with Gasteiger partial charge in [0.05, 0.1) is 6.54 Å². The quantitative estimate of drug-likeness (QED) is 0.530. The molecule has 4 heteroatoms. The molecule has 0 aliphatic carbocycles. The molecule has 1 rings (SSSR count). The van der Waals surface area contributed by atoms with E-state index >= 15 is 0 Å². The highest BCUT2D eigenvalue weighted by molar-refractivity contribution is 4.92. The van der Waals surface area contributed by atoms with Crippen LogP contribution in [0.5, 0.6) is 0 Å². The summed E-state index contributed by atoms with van der Waals surface area (Å²) in [7, 11) is 1.95. The van der Waals surface area contributed by atoms with Gasteiger partial charge < -0.3 is 9.88 Å². The standard InChI is InChI=1S/C9H14N4/c1-4-5-6-10-7-9-12-11-8(2)13(9)3/h1,10H,5-7H2,2-3H3. The van der Waals surface area contributed by atoms with Crippen LogP contribution in [0.25, 0.3) is 0 Å². The van der Waals surface area contributed by atoms with E-state index in [9.17, 15) is 0 Å². The molecule has 4 nitrogen and oxygen atoms in total. The molecule has 1 N–H and O–H groups in total. The van der Waals surface area contributed by atoms with Crippen molar-refractivity contribution in [1.29, 1.82) is 0 Å². The summed E-state index contributed by atoms with van der Waals surface area (Å²) >= 11 is 0. The Morgan fingerprint density at radius 3 is 2.85 bits per heavy atom. The maximum absolute atomic E-state index is 5.12. The van der Waals surface area contributed by atoms with Crippen LogP contribution in [0.4, 0.5) is 0 Å². The van der Waals surface area contributed by atoms with Crippen molar-refractivity contribution in [3.05, 3.63) is 11.6 Å². The second-order valence-corrected chi connectivity index (χ2v) is 2.85. The summed E-state index contributed by atoms with van der Waals surface area (Å²) in [6, 6.07) is 0. The van der Waals surface area contributed by atoms with E-state index < -0.39 is 0 Å². The van der Waals surface area contributed by atoms with Gasteiger partial charge in [0.15, 0.2) is 0 Å². The van der Waals surface area contributed by atoms with Gasteiger partial charge in [-0.05, 0) is 6.92 Å². The van der Waals surface area contributed by atoms with Gasteiger partial charge in [-0.1, -0.05) is 0 Å². The third-order valence-electron chi connectivity index (χ3n) is 1.91. The third kappa shape index (κ3) is 2.56. The second kappa shape index (κ2) is 4.63. The molecule has 0 fully saturated rings. The molecule has 13 heavy (non-hydrogen) atoms. The molecule has 0 spiro atoms. The molecule has 0 aliphatic heterocycles. The van der Waals surface area contributed by atoms with Gasteiger partial charge in [0.25, 0.3) is 0 Å². The maximum Gasteiger partial charge on any atom is 0.146 e. The van der Waals surface area contributed by atoms with E-state index in [0.29, 0.717) is 0 Å². The minimum Gasteiger partial charge on any atom is -0.317 e. The first-order valence-electron chi connectivity index (χ1n) is 4.24. The molecule has 0 atom stereocenters. The fraction of sp³-hybridized carbons (Fsp3) is 0.556. The minimum absolute atomic E-state index is 0.721. The average Bonchev–Trinajstić information content (AvgIpc) is 2.43. The fourth-order valence-corrected chi connectivity index (χ4v) is 0.966. The summed E-state index contributed by atoms with van der Waals surface area (Å²) in [4.78, 5) is 0. The lowest BCUT2D eigenvalue weighted by molar-refractivity contribution is 0.641. The highest BCUT2D eigenvalue weighted by atomic mass is 15.3. The molecule has 0 bridgehead atoms. The van der Waals surface area contributed by atoms with Crippen LogP contribution in [0.1, 0.15) is 18.1 Å². The van der Waals surface area contributed by atoms with E-state index in [4.69, 9.17) is 6.42 Å². The van der Waals surface area contributed by atoms with Crippen LogP contribution in [-0.4, -0.2) is 21.3 Å². The molecular formula is C9H14N4. The van der Waals surface area contributed by atoms with Crippen molar-refractivity contribution in [2.75, 3.05) is 6.54 Å². The van der Waals surface area contributed by atoms with Gasteiger partial charge in [0, 0.05) is 20.0 Å². The van der Waals surface area contributed by atoms with E-state index in [0.717, 1.165) is 31.2 Å². The summed E-state index contributed by atoms with van der Waals surface area (Å²) in [5.41, 5.74) is 0. The Bertz CT molecular complexity index is 308. The van der Waals surface area contributed by atoms with Crippen LogP contribution in [0.3, 0.4) is 0 Å². The zero-order valence-electron chi connectivity index (χ0n) is 8.04. The van der Waals surface area contributed by atoms with Gasteiger partial charge in [-0.2, -0.15) is 0 Å². The molecule has 1 aromatic rings. The van der Waals surface area contributed by atoms with Gasteiger partial charge in [0.2, 0.25) is 0 Å². The molecule has 0 amide bonds. The summed E-state index contributed by atoms with van der Waals surface area (Å²) in [6.07, 6.45) is 5.87. The van der Waals surface area contributed by atoms with Crippen molar-refractivity contribution in [1.82, 2.24) is 20.1 Å². The van der Waals surface area contributed by atoms with E-state index in [-0.39, 0.29) is 0 Å². The van der Waals surface area contributed by atoms with Crippen molar-refractivity contribution < 1.29 is 0 Å². The van der Waals surface area contributed by atoms with Crippen LogP contribution in [-0.2, 0) is 13.6 Å². The normalized spacial score (nSPS) is 9.92. The van der Waals surface area contributed by atoms with Crippen molar-refractivity contribution in [3.8, 4) is 12.3 Å². The molecule has 0 aromatic carbocycles. The molecule has 70 valence electrons. The van der Waals surface area contributed by atoms with E-state index in [2.05, 4.69) is 21.4 Å². The lowest BCUT2D eigenvalue weighted by atomic mass is 10.4. The summed E-state index contributed by atoms with van der Waals surface area (Å²) in [5.74, 6) is 4.43. The van der Waals surface area contributed by atoms with E-state index in [1.165, 1.54) is 0 Å². The first-order valence-corrected chi connectivity index (χ1v) is 4.24. The Kier molecular flexibility index (Phi) is 3.47. The van der Waals surface area contributed by atoms with E-state index in [1.807, 2.05) is 18.5 Å². The Morgan fingerprint density at radius 2 is 2.31 bits per heavy atom. The topological polar surface area (TPSA) is 42.7 Å². The maximum atomic E-state index is 5.12. The zero-order chi connectivity index (χ0) is 9.68. The monoisotopic (exact) mass is 178 g/mol. The predicted molar refractivity (Wildman–Crippen MR) is 50.9 cm³/mol. The molecule has 0 unspecified atom stereocenters. The van der Waals surface area contributed by atoms with Gasteiger partial charge >= 0.3 is 0 Å². The number of hydrogen-bond donors (Lipinski definition) is 1. The summed E-state index contributed by atoms with van der Waals surface area (Å²) < 4.78 is 1.96. The van der Waals surface area contributed by atoms with Crippen LogP contribution in [0, 0.1) is 19.3 Å². The Labute approximate surface area is 78.4 Å². The van der Waals surface area contributed by atoms with Gasteiger partial charge in [-0.15, -0.1) is 22.5 Å². The number of terminal acetylenes is 1. The molecule has 0 saturated heterocycles. The van der Waals surface area contributed by atoms with E-state index in [1.54, 1.807) is 0 Å². The largest absolute Gasteiger partial charge is 0.317 e. The highest BCUT2D eigenvalue weighted by Crippen LogP contribution is 1.95. The summed E-state index contributed by atoms with van der Waals surface area (Å²) in [6.45, 7) is 3.47. The molecule has 1 heterocycles. The first kappa shape index (κ1) is 9.75. The van der Waals surface area contributed by atoms with Crippen LogP contribution in [0.15, 0.2) is 0 Å². The third-order valence-corrected chi connectivity index (χ3v) is 1.91. The number of aryl methyl sites for hydroxylation is 1. The molecular weight excluding hydrogens is 164 g/mol. The van der Waals surface area contributed by atoms with Gasteiger partial charge in [-0.25, -0.2) is 0 Å². The van der Waals surface area contributed by atoms with Gasteiger partial charge in [0.1, 0.15) is 11.6 Å². The molecule has 0 radical (unpaired) electrons. The van der Waals surface area contributed by atoms with Crippen molar-refractivity contribution in [2.45, 2.75) is 19.9 Å². The van der Waals surface area contributed by atoms with Crippen LogP contribution >= 0.6 is 0 Å². The van der Waals surface area contributed by atoms with Crippen molar-refractivity contribution in [3.63, 3.8) is 0 Å². The van der Waals surface area contributed by atoms with Crippen molar-refractivity contribution in [2.24, 2.45) is 7.05 Å². The predicted octanol–water partition coefficient (Wildman–Crippen LogP) is 0.236.